The molecule has 1 aromatic heterocycles. The third-order valence-corrected chi connectivity index (χ3v) is 6.47. The number of hydrogen-bond donors (Lipinski definition) is 0. The number of imidazole rings is 1. The molecular formula is C28H29N3O3. The van der Waals surface area contributed by atoms with Crippen molar-refractivity contribution in [2.45, 2.75) is 32.7 Å². The highest BCUT2D eigenvalue weighted by Crippen LogP contribution is 2.34. The molecule has 0 aliphatic carbocycles. The maximum Gasteiger partial charge on any atom is 0.227 e. The zero-order chi connectivity index (χ0) is 23.7. The Bertz CT molecular complexity index is 1330. The van der Waals surface area contributed by atoms with Gasteiger partial charge >= 0.3 is 0 Å². The van der Waals surface area contributed by atoms with Gasteiger partial charge in [0.05, 0.1) is 24.7 Å². The van der Waals surface area contributed by atoms with Crippen LogP contribution in [0.4, 0.5) is 5.69 Å². The van der Waals surface area contributed by atoms with E-state index < -0.39 is 0 Å². The number of para-hydroxylation sites is 2. The van der Waals surface area contributed by atoms with Crippen molar-refractivity contribution in [1.29, 1.82) is 0 Å². The number of aryl methyl sites for hydroxylation is 2. The minimum Gasteiger partial charge on any atom is -0.497 e. The second-order valence-electron chi connectivity index (χ2n) is 8.83. The number of carbonyl (C=O) groups excluding carboxylic acids is 1. The Morgan fingerprint density at radius 2 is 1.82 bits per heavy atom. The van der Waals surface area contributed by atoms with E-state index >= 15 is 0 Å². The summed E-state index contributed by atoms with van der Waals surface area (Å²) in [7, 11) is 1.64. The standard InChI is InChI=1S/C28H29N3O3/c1-19-8-9-20(2)26(16-19)34-15-14-30-25-7-5-4-6-24(25)29-28(30)21-17-27(32)31(18-21)22-10-12-23(33-3)13-11-22/h4-13,16,21H,14-15,17-18H2,1-3H3. The van der Waals surface area contributed by atoms with Gasteiger partial charge in [-0.05, 0) is 67.4 Å². The topological polar surface area (TPSA) is 56.6 Å². The number of carbonyl (C=O) groups is 1. The number of methoxy groups -OCH3 is 1. The first kappa shape index (κ1) is 22.0. The van der Waals surface area contributed by atoms with E-state index in [4.69, 9.17) is 14.5 Å². The minimum atomic E-state index is 0.0164. The van der Waals surface area contributed by atoms with Crippen molar-refractivity contribution >= 4 is 22.6 Å². The van der Waals surface area contributed by atoms with Gasteiger partial charge in [-0.3, -0.25) is 4.79 Å². The van der Waals surface area contributed by atoms with E-state index in [9.17, 15) is 4.79 Å². The van der Waals surface area contributed by atoms with Gasteiger partial charge in [-0.1, -0.05) is 24.3 Å². The van der Waals surface area contributed by atoms with Gasteiger partial charge in [-0.2, -0.15) is 0 Å². The number of nitrogens with zero attached hydrogens (tertiary/aromatic N) is 3. The molecule has 1 aliphatic heterocycles. The van der Waals surface area contributed by atoms with Gasteiger partial charge in [0, 0.05) is 24.6 Å². The fourth-order valence-electron chi connectivity index (χ4n) is 4.64. The number of aromatic nitrogens is 2. The number of anilines is 1. The molecule has 0 bridgehead atoms. The molecule has 2 heterocycles. The van der Waals surface area contributed by atoms with Crippen LogP contribution in [0, 0.1) is 13.8 Å². The minimum absolute atomic E-state index is 0.0164. The van der Waals surface area contributed by atoms with Crippen molar-refractivity contribution in [3.63, 3.8) is 0 Å². The Morgan fingerprint density at radius 3 is 2.62 bits per heavy atom. The van der Waals surface area contributed by atoms with E-state index in [2.05, 4.69) is 42.7 Å². The highest BCUT2D eigenvalue weighted by atomic mass is 16.5. The molecule has 6 heteroatoms. The number of rotatable bonds is 7. The van der Waals surface area contributed by atoms with Crippen LogP contribution in [0.1, 0.15) is 29.3 Å². The molecule has 1 aliphatic rings. The van der Waals surface area contributed by atoms with Gasteiger partial charge in [0.15, 0.2) is 0 Å². The zero-order valence-electron chi connectivity index (χ0n) is 19.8. The molecule has 1 amide bonds. The molecule has 3 aromatic carbocycles. The molecule has 4 aromatic rings. The first-order valence-corrected chi connectivity index (χ1v) is 11.6. The third kappa shape index (κ3) is 4.23. The molecule has 0 spiro atoms. The van der Waals surface area contributed by atoms with Crippen LogP contribution in [-0.4, -0.2) is 35.7 Å². The molecule has 174 valence electrons. The number of fused-ring (bicyclic) bond motifs is 1. The van der Waals surface area contributed by atoms with Crippen molar-refractivity contribution in [1.82, 2.24) is 9.55 Å². The van der Waals surface area contributed by atoms with Gasteiger partial charge < -0.3 is 18.9 Å². The van der Waals surface area contributed by atoms with Crippen molar-refractivity contribution in [2.75, 3.05) is 25.2 Å². The third-order valence-electron chi connectivity index (χ3n) is 6.47. The van der Waals surface area contributed by atoms with Crippen LogP contribution in [0.2, 0.25) is 0 Å². The molecule has 0 N–H and O–H groups in total. The number of benzene rings is 3. The Hall–Kier alpha value is -3.80. The van der Waals surface area contributed by atoms with Crippen molar-refractivity contribution < 1.29 is 14.3 Å². The van der Waals surface area contributed by atoms with Crippen LogP contribution < -0.4 is 14.4 Å². The van der Waals surface area contributed by atoms with E-state index in [-0.39, 0.29) is 11.8 Å². The number of hydrogen-bond acceptors (Lipinski definition) is 4. The average Bonchev–Trinajstić information content (AvgIpc) is 3.42. The van der Waals surface area contributed by atoms with Gasteiger partial charge in [0.2, 0.25) is 5.91 Å². The van der Waals surface area contributed by atoms with Gasteiger partial charge in [0.1, 0.15) is 23.9 Å². The summed E-state index contributed by atoms with van der Waals surface area (Å²) in [6, 6.07) is 22.0. The lowest BCUT2D eigenvalue weighted by Crippen LogP contribution is -2.24. The lowest BCUT2D eigenvalue weighted by molar-refractivity contribution is -0.117. The van der Waals surface area contributed by atoms with E-state index in [0.29, 0.717) is 26.1 Å². The lowest BCUT2D eigenvalue weighted by atomic mass is 10.1. The Balaban J connectivity index is 1.39. The van der Waals surface area contributed by atoms with Crippen LogP contribution in [0.3, 0.4) is 0 Å². The summed E-state index contributed by atoms with van der Waals surface area (Å²) in [4.78, 5) is 19.7. The van der Waals surface area contributed by atoms with Crippen molar-refractivity contribution in [3.05, 3.63) is 83.7 Å². The summed E-state index contributed by atoms with van der Waals surface area (Å²) in [6.07, 6.45) is 0.438. The summed E-state index contributed by atoms with van der Waals surface area (Å²) in [5.74, 6) is 2.75. The van der Waals surface area contributed by atoms with Crippen LogP contribution >= 0.6 is 0 Å². The quantitative estimate of drug-likeness (QED) is 0.381. The van der Waals surface area contributed by atoms with Gasteiger partial charge in [-0.15, -0.1) is 0 Å². The predicted molar refractivity (Wildman–Crippen MR) is 134 cm³/mol. The SMILES string of the molecule is COc1ccc(N2CC(c3nc4ccccc4n3CCOc3cc(C)ccc3C)CC2=O)cc1. The van der Waals surface area contributed by atoms with Crippen LogP contribution in [0.15, 0.2) is 66.7 Å². The number of amides is 1. The predicted octanol–water partition coefficient (Wildman–Crippen LogP) is 5.26. The molecule has 0 radical (unpaired) electrons. The van der Waals surface area contributed by atoms with Gasteiger partial charge in [-0.25, -0.2) is 4.98 Å². The molecule has 0 saturated carbocycles. The Morgan fingerprint density at radius 1 is 1.03 bits per heavy atom. The highest BCUT2D eigenvalue weighted by molar-refractivity contribution is 5.96. The first-order chi connectivity index (χ1) is 16.5. The van der Waals surface area contributed by atoms with E-state index in [0.717, 1.165) is 39.6 Å². The first-order valence-electron chi connectivity index (χ1n) is 11.6. The van der Waals surface area contributed by atoms with E-state index in [1.54, 1.807) is 7.11 Å². The molecule has 1 fully saturated rings. The molecule has 1 atom stereocenters. The normalized spacial score (nSPS) is 15.8. The summed E-state index contributed by atoms with van der Waals surface area (Å²) < 4.78 is 13.6. The van der Waals surface area contributed by atoms with Crippen LogP contribution in [0.5, 0.6) is 11.5 Å². The molecule has 1 unspecified atom stereocenters. The van der Waals surface area contributed by atoms with Crippen LogP contribution in [0.25, 0.3) is 11.0 Å². The highest BCUT2D eigenvalue weighted by Gasteiger charge is 2.34. The smallest absolute Gasteiger partial charge is 0.227 e. The largest absolute Gasteiger partial charge is 0.497 e. The van der Waals surface area contributed by atoms with E-state index in [1.165, 1.54) is 5.56 Å². The molecule has 6 nitrogen and oxygen atoms in total. The second-order valence-corrected chi connectivity index (χ2v) is 8.83. The fourth-order valence-corrected chi connectivity index (χ4v) is 4.64. The second kappa shape index (κ2) is 9.21. The average molecular weight is 456 g/mol. The Kier molecular flexibility index (Phi) is 5.97. The fraction of sp³-hybridized carbons (Fsp3) is 0.286. The Labute approximate surface area is 199 Å². The lowest BCUT2D eigenvalue weighted by Gasteiger charge is -2.18. The summed E-state index contributed by atoms with van der Waals surface area (Å²) in [6.45, 7) is 5.92. The van der Waals surface area contributed by atoms with Crippen LogP contribution in [-0.2, 0) is 11.3 Å². The maximum absolute atomic E-state index is 12.9. The summed E-state index contributed by atoms with van der Waals surface area (Å²) in [5, 5.41) is 0. The van der Waals surface area contributed by atoms with Crippen molar-refractivity contribution in [2.24, 2.45) is 0 Å². The van der Waals surface area contributed by atoms with Crippen molar-refractivity contribution in [3.8, 4) is 11.5 Å². The summed E-state index contributed by atoms with van der Waals surface area (Å²) >= 11 is 0. The number of ether oxygens (including phenoxy) is 2. The molecule has 1 saturated heterocycles. The molecule has 34 heavy (non-hydrogen) atoms. The molecule has 5 rings (SSSR count). The van der Waals surface area contributed by atoms with E-state index in [1.807, 2.05) is 47.4 Å². The molecular weight excluding hydrogens is 426 g/mol. The zero-order valence-corrected chi connectivity index (χ0v) is 19.8. The van der Waals surface area contributed by atoms with Gasteiger partial charge in [0.25, 0.3) is 0 Å². The monoisotopic (exact) mass is 455 g/mol. The maximum atomic E-state index is 12.9. The summed E-state index contributed by atoms with van der Waals surface area (Å²) in [5.41, 5.74) is 5.20.